The third kappa shape index (κ3) is 1.93. The number of aromatic nitrogens is 2. The molecule has 0 radical (unpaired) electrons. The van der Waals surface area contributed by atoms with Gasteiger partial charge in [0.25, 0.3) is 0 Å². The van der Waals surface area contributed by atoms with E-state index >= 15 is 0 Å². The molecule has 2 aromatic rings. The summed E-state index contributed by atoms with van der Waals surface area (Å²) in [6, 6.07) is 5.14. The van der Waals surface area contributed by atoms with Gasteiger partial charge in [0.2, 0.25) is 0 Å². The first-order valence-corrected chi connectivity index (χ1v) is 5.99. The summed E-state index contributed by atoms with van der Waals surface area (Å²) in [7, 11) is 0. The fourth-order valence-electron chi connectivity index (χ4n) is 2.86. The Labute approximate surface area is 112 Å². The third-order valence-electron chi connectivity index (χ3n) is 3.92. The summed E-state index contributed by atoms with van der Waals surface area (Å²) in [5.41, 5.74) is 2.45. The summed E-state index contributed by atoms with van der Waals surface area (Å²) in [5.74, 6) is -0.138. The summed E-state index contributed by atoms with van der Waals surface area (Å²) < 4.78 is 15.4. The fraction of sp³-hybridized carbons (Fsp3) is 0.357. The zero-order valence-electron chi connectivity index (χ0n) is 10.3. The predicted octanol–water partition coefficient (Wildman–Crippen LogP) is 3.35. The molecule has 0 saturated carbocycles. The molecule has 18 heavy (non-hydrogen) atoms. The minimum atomic E-state index is -0.138. The Balaban J connectivity index is 0.00000120. The van der Waals surface area contributed by atoms with E-state index in [1.54, 1.807) is 18.3 Å². The van der Waals surface area contributed by atoms with Crippen LogP contribution >= 0.6 is 12.4 Å². The molecule has 0 spiro atoms. The second-order valence-electron chi connectivity index (χ2n) is 4.81. The zero-order chi connectivity index (χ0) is 11.9. The molecule has 1 unspecified atom stereocenters. The normalized spacial score (nSPS) is 21.4. The molecule has 1 aliphatic carbocycles. The number of imidazole rings is 1. The highest BCUT2D eigenvalue weighted by Crippen LogP contribution is 2.38. The highest BCUT2D eigenvalue weighted by Gasteiger charge is 2.37. The van der Waals surface area contributed by atoms with E-state index in [4.69, 9.17) is 0 Å². The van der Waals surface area contributed by atoms with Gasteiger partial charge < -0.3 is 4.57 Å². The molecule has 0 aliphatic heterocycles. The lowest BCUT2D eigenvalue weighted by Gasteiger charge is -2.29. The lowest BCUT2D eigenvalue weighted by atomic mass is 9.92. The first-order valence-electron chi connectivity index (χ1n) is 5.99. The molecule has 0 N–H and O–H groups in total. The Morgan fingerprint density at radius 3 is 2.78 bits per heavy atom. The molecule has 0 fully saturated rings. The standard InChI is InChI=1S/C14H15FN2.ClH/c1-2-14(17-6-5-16-10-17)8-11-3-4-13(15)7-12(11)9-14;/h3-7,10H,2,8-9H2,1H3;1H. The van der Waals surface area contributed by atoms with Gasteiger partial charge in [0, 0.05) is 12.4 Å². The Morgan fingerprint density at radius 2 is 2.11 bits per heavy atom. The quantitative estimate of drug-likeness (QED) is 0.815. The average molecular weight is 267 g/mol. The first kappa shape index (κ1) is 13.1. The van der Waals surface area contributed by atoms with Crippen LogP contribution in [0.15, 0.2) is 36.9 Å². The van der Waals surface area contributed by atoms with Gasteiger partial charge in [0.1, 0.15) is 5.82 Å². The summed E-state index contributed by atoms with van der Waals surface area (Å²) in [5, 5.41) is 0. The third-order valence-corrected chi connectivity index (χ3v) is 3.92. The molecule has 1 heterocycles. The van der Waals surface area contributed by atoms with Crippen LogP contribution in [-0.2, 0) is 18.4 Å². The molecule has 0 saturated heterocycles. The van der Waals surface area contributed by atoms with E-state index in [1.165, 1.54) is 5.56 Å². The number of hydrogen-bond donors (Lipinski definition) is 0. The van der Waals surface area contributed by atoms with E-state index in [0.717, 1.165) is 24.8 Å². The molecule has 2 nitrogen and oxygen atoms in total. The van der Waals surface area contributed by atoms with Crippen LogP contribution in [0.3, 0.4) is 0 Å². The minimum absolute atomic E-state index is 0. The summed E-state index contributed by atoms with van der Waals surface area (Å²) >= 11 is 0. The van der Waals surface area contributed by atoms with Gasteiger partial charge in [-0.05, 0) is 42.5 Å². The molecule has 1 aliphatic rings. The molecule has 0 amide bonds. The van der Waals surface area contributed by atoms with Gasteiger partial charge in [-0.25, -0.2) is 9.37 Å². The van der Waals surface area contributed by atoms with Crippen molar-refractivity contribution in [2.24, 2.45) is 0 Å². The van der Waals surface area contributed by atoms with Crippen molar-refractivity contribution in [3.63, 3.8) is 0 Å². The molecule has 1 aromatic carbocycles. The number of benzene rings is 1. The predicted molar refractivity (Wildman–Crippen MR) is 71.5 cm³/mol. The Morgan fingerprint density at radius 1 is 1.33 bits per heavy atom. The Bertz CT molecular complexity index is 539. The van der Waals surface area contributed by atoms with Gasteiger partial charge in [-0.15, -0.1) is 12.4 Å². The minimum Gasteiger partial charge on any atom is -0.331 e. The SMILES string of the molecule is CCC1(n2ccnc2)Cc2ccc(F)cc2C1.Cl. The second-order valence-corrected chi connectivity index (χ2v) is 4.81. The summed E-state index contributed by atoms with van der Waals surface area (Å²) in [6.07, 6.45) is 8.57. The van der Waals surface area contributed by atoms with E-state index in [-0.39, 0.29) is 23.8 Å². The van der Waals surface area contributed by atoms with Crippen molar-refractivity contribution < 1.29 is 4.39 Å². The topological polar surface area (TPSA) is 17.8 Å². The number of fused-ring (bicyclic) bond motifs is 1. The first-order chi connectivity index (χ1) is 8.23. The van der Waals surface area contributed by atoms with Crippen LogP contribution < -0.4 is 0 Å². The molecular formula is C14H16ClFN2. The average Bonchev–Trinajstić information content (AvgIpc) is 2.95. The highest BCUT2D eigenvalue weighted by atomic mass is 35.5. The molecule has 4 heteroatoms. The largest absolute Gasteiger partial charge is 0.331 e. The van der Waals surface area contributed by atoms with E-state index in [1.807, 2.05) is 18.6 Å². The van der Waals surface area contributed by atoms with Crippen molar-refractivity contribution >= 4 is 12.4 Å². The maximum Gasteiger partial charge on any atom is 0.123 e. The van der Waals surface area contributed by atoms with Gasteiger partial charge in [0.05, 0.1) is 11.9 Å². The lowest BCUT2D eigenvalue weighted by molar-refractivity contribution is 0.288. The van der Waals surface area contributed by atoms with Crippen LogP contribution in [-0.4, -0.2) is 9.55 Å². The van der Waals surface area contributed by atoms with Crippen molar-refractivity contribution in [1.82, 2.24) is 9.55 Å². The van der Waals surface area contributed by atoms with Gasteiger partial charge in [-0.1, -0.05) is 13.0 Å². The number of rotatable bonds is 2. The number of hydrogen-bond acceptors (Lipinski definition) is 1. The van der Waals surface area contributed by atoms with Gasteiger partial charge >= 0.3 is 0 Å². The van der Waals surface area contributed by atoms with E-state index in [0.29, 0.717) is 0 Å². The van der Waals surface area contributed by atoms with Crippen LogP contribution in [0.2, 0.25) is 0 Å². The van der Waals surface area contributed by atoms with Crippen molar-refractivity contribution in [2.75, 3.05) is 0 Å². The molecule has 0 bridgehead atoms. The molecule has 1 aromatic heterocycles. The highest BCUT2D eigenvalue weighted by molar-refractivity contribution is 5.85. The molecule has 96 valence electrons. The van der Waals surface area contributed by atoms with E-state index in [9.17, 15) is 4.39 Å². The Hall–Kier alpha value is -1.35. The molecular weight excluding hydrogens is 251 g/mol. The smallest absolute Gasteiger partial charge is 0.123 e. The zero-order valence-corrected chi connectivity index (χ0v) is 11.1. The maximum absolute atomic E-state index is 13.2. The molecule has 1 atom stereocenters. The van der Waals surface area contributed by atoms with Crippen molar-refractivity contribution in [2.45, 2.75) is 31.7 Å². The number of halogens is 2. The van der Waals surface area contributed by atoms with Crippen molar-refractivity contribution in [3.05, 3.63) is 53.9 Å². The van der Waals surface area contributed by atoms with Gasteiger partial charge in [-0.3, -0.25) is 0 Å². The summed E-state index contributed by atoms with van der Waals surface area (Å²) in [6.45, 7) is 2.18. The second kappa shape index (κ2) is 4.73. The van der Waals surface area contributed by atoms with Crippen molar-refractivity contribution in [3.8, 4) is 0 Å². The monoisotopic (exact) mass is 266 g/mol. The summed E-state index contributed by atoms with van der Waals surface area (Å²) in [4.78, 5) is 4.13. The maximum atomic E-state index is 13.2. The van der Waals surface area contributed by atoms with Gasteiger partial charge in [-0.2, -0.15) is 0 Å². The fourth-order valence-corrected chi connectivity index (χ4v) is 2.86. The van der Waals surface area contributed by atoms with Crippen LogP contribution in [0, 0.1) is 5.82 Å². The van der Waals surface area contributed by atoms with Crippen molar-refractivity contribution in [1.29, 1.82) is 0 Å². The Kier molecular flexibility index (Phi) is 3.44. The van der Waals surface area contributed by atoms with Gasteiger partial charge in [0.15, 0.2) is 0 Å². The van der Waals surface area contributed by atoms with Crippen LogP contribution in [0.25, 0.3) is 0 Å². The van der Waals surface area contributed by atoms with E-state index in [2.05, 4.69) is 16.5 Å². The van der Waals surface area contributed by atoms with Crippen LogP contribution in [0.4, 0.5) is 4.39 Å². The lowest BCUT2D eigenvalue weighted by Crippen LogP contribution is -2.32. The van der Waals surface area contributed by atoms with Crippen LogP contribution in [0.5, 0.6) is 0 Å². The number of nitrogens with zero attached hydrogens (tertiary/aromatic N) is 2. The van der Waals surface area contributed by atoms with E-state index < -0.39 is 0 Å². The van der Waals surface area contributed by atoms with Crippen LogP contribution in [0.1, 0.15) is 24.5 Å². The molecule has 3 rings (SSSR count).